The lowest BCUT2D eigenvalue weighted by Gasteiger charge is -2.12. The molecular weight excluding hydrogens is 401 g/mol. The summed E-state index contributed by atoms with van der Waals surface area (Å²) in [5.74, 6) is 0. The van der Waals surface area contributed by atoms with E-state index < -0.39 is 32.6 Å². The molecular formula is C9H3BrCl2F6N2. The highest BCUT2D eigenvalue weighted by atomic mass is 79.9. The van der Waals surface area contributed by atoms with E-state index in [-0.39, 0.29) is 5.69 Å². The summed E-state index contributed by atoms with van der Waals surface area (Å²) >= 11 is 13.2. The lowest BCUT2D eigenvalue weighted by molar-refractivity contribution is -0.137. The van der Waals surface area contributed by atoms with E-state index in [2.05, 4.69) is 21.0 Å². The minimum atomic E-state index is -4.75. The largest absolute Gasteiger partial charge is 0.441 e. The van der Waals surface area contributed by atoms with E-state index in [1.807, 2.05) is 5.43 Å². The predicted molar refractivity (Wildman–Crippen MR) is 67.5 cm³/mol. The monoisotopic (exact) mass is 402 g/mol. The van der Waals surface area contributed by atoms with Crippen LogP contribution in [0.1, 0.15) is 5.56 Å². The fourth-order valence-corrected chi connectivity index (χ4v) is 1.67. The van der Waals surface area contributed by atoms with Crippen molar-refractivity contribution in [3.05, 3.63) is 27.7 Å². The third-order valence-corrected chi connectivity index (χ3v) is 3.09. The van der Waals surface area contributed by atoms with Crippen molar-refractivity contribution in [2.45, 2.75) is 12.4 Å². The Hall–Kier alpha value is -0.670. The van der Waals surface area contributed by atoms with Crippen LogP contribution >= 0.6 is 39.1 Å². The molecule has 0 aliphatic carbocycles. The van der Waals surface area contributed by atoms with Gasteiger partial charge in [0, 0.05) is 0 Å². The van der Waals surface area contributed by atoms with E-state index in [9.17, 15) is 26.3 Å². The number of alkyl halides is 6. The Morgan fingerprint density at radius 1 is 1.05 bits per heavy atom. The minimum Gasteiger partial charge on any atom is -0.274 e. The highest BCUT2D eigenvalue weighted by Crippen LogP contribution is 2.38. The van der Waals surface area contributed by atoms with Gasteiger partial charge >= 0.3 is 12.4 Å². The van der Waals surface area contributed by atoms with Gasteiger partial charge in [0.1, 0.15) is 0 Å². The number of halogens is 9. The minimum absolute atomic E-state index is 0.373. The van der Waals surface area contributed by atoms with Crippen LogP contribution in [0.2, 0.25) is 10.0 Å². The molecule has 1 aromatic rings. The quantitative estimate of drug-likeness (QED) is 0.382. The van der Waals surface area contributed by atoms with Gasteiger partial charge in [0.15, 0.2) is 0 Å². The van der Waals surface area contributed by atoms with Crippen LogP contribution in [-0.4, -0.2) is 10.8 Å². The molecule has 0 aromatic heterocycles. The van der Waals surface area contributed by atoms with Gasteiger partial charge < -0.3 is 0 Å². The third kappa shape index (κ3) is 4.42. The van der Waals surface area contributed by atoms with E-state index in [0.717, 1.165) is 0 Å². The smallest absolute Gasteiger partial charge is 0.274 e. The van der Waals surface area contributed by atoms with Crippen LogP contribution in [0.4, 0.5) is 32.0 Å². The van der Waals surface area contributed by atoms with Crippen LogP contribution in [0.15, 0.2) is 17.2 Å². The number of rotatable bonds is 2. The van der Waals surface area contributed by atoms with Crippen molar-refractivity contribution in [2.75, 3.05) is 5.43 Å². The number of nitrogens with one attached hydrogen (secondary N) is 1. The Balaban J connectivity index is 3.11. The summed E-state index contributed by atoms with van der Waals surface area (Å²) in [5.41, 5.74) is 0.356. The van der Waals surface area contributed by atoms with Crippen LogP contribution in [0.3, 0.4) is 0 Å². The van der Waals surface area contributed by atoms with Gasteiger partial charge in [0.05, 0.1) is 21.3 Å². The van der Waals surface area contributed by atoms with Crippen molar-refractivity contribution in [3.8, 4) is 0 Å². The molecule has 2 nitrogen and oxygen atoms in total. The second-order valence-electron chi connectivity index (χ2n) is 3.32. The second kappa shape index (κ2) is 5.98. The molecule has 0 aliphatic heterocycles. The van der Waals surface area contributed by atoms with Gasteiger partial charge in [0.25, 0.3) is 0 Å². The SMILES string of the molecule is FC(F)(F)/C(Br)=N/Nc1c(Cl)cc(C(F)(F)F)cc1Cl. The fourth-order valence-electron chi connectivity index (χ4n) is 1.01. The zero-order chi connectivity index (χ0) is 15.7. The number of benzene rings is 1. The summed E-state index contributed by atoms with van der Waals surface area (Å²) in [6.45, 7) is 0. The van der Waals surface area contributed by atoms with Crippen molar-refractivity contribution in [1.82, 2.24) is 0 Å². The molecule has 112 valence electrons. The molecule has 0 spiro atoms. The molecule has 1 rings (SSSR count). The normalized spacial score (nSPS) is 13.6. The average Bonchev–Trinajstić information content (AvgIpc) is 2.24. The van der Waals surface area contributed by atoms with Crippen LogP contribution in [0.25, 0.3) is 0 Å². The van der Waals surface area contributed by atoms with Crippen LogP contribution in [-0.2, 0) is 6.18 Å². The van der Waals surface area contributed by atoms with E-state index in [1.54, 1.807) is 0 Å². The first-order valence-electron chi connectivity index (χ1n) is 4.55. The zero-order valence-corrected chi connectivity index (χ0v) is 12.1. The first-order valence-corrected chi connectivity index (χ1v) is 6.10. The van der Waals surface area contributed by atoms with Gasteiger partial charge in [-0.1, -0.05) is 23.2 Å². The van der Waals surface area contributed by atoms with E-state index in [1.165, 1.54) is 0 Å². The summed E-state index contributed by atoms with van der Waals surface area (Å²) in [6, 6.07) is 1.04. The van der Waals surface area contributed by atoms with Crippen molar-refractivity contribution in [1.29, 1.82) is 0 Å². The summed E-state index contributed by atoms with van der Waals surface area (Å²) in [7, 11) is 0. The maximum absolute atomic E-state index is 12.4. The van der Waals surface area contributed by atoms with Crippen LogP contribution in [0, 0.1) is 0 Å². The summed E-state index contributed by atoms with van der Waals surface area (Å²) in [6.07, 6.45) is -9.43. The van der Waals surface area contributed by atoms with Crippen LogP contribution in [0.5, 0.6) is 0 Å². The second-order valence-corrected chi connectivity index (χ2v) is 4.89. The first kappa shape index (κ1) is 17.4. The molecule has 0 unspecified atom stereocenters. The van der Waals surface area contributed by atoms with Gasteiger partial charge in [-0.25, -0.2) is 0 Å². The predicted octanol–water partition coefficient (Wildman–Crippen LogP) is 5.69. The molecule has 1 aromatic carbocycles. The molecule has 1 N–H and O–H groups in total. The van der Waals surface area contributed by atoms with Gasteiger partial charge in [-0.05, 0) is 28.1 Å². The first-order chi connectivity index (χ1) is 8.93. The summed E-state index contributed by atoms with van der Waals surface area (Å²) in [4.78, 5) is 0. The number of hydrogen-bond acceptors (Lipinski definition) is 2. The van der Waals surface area contributed by atoms with Crippen molar-refractivity contribution < 1.29 is 26.3 Å². The number of nitrogens with zero attached hydrogens (tertiary/aromatic N) is 1. The van der Waals surface area contributed by atoms with E-state index >= 15 is 0 Å². The van der Waals surface area contributed by atoms with Gasteiger partial charge in [-0.2, -0.15) is 31.4 Å². The van der Waals surface area contributed by atoms with Crippen molar-refractivity contribution in [3.63, 3.8) is 0 Å². The molecule has 0 atom stereocenters. The van der Waals surface area contributed by atoms with Gasteiger partial charge in [-0.15, -0.1) is 0 Å². The molecule has 0 amide bonds. The summed E-state index contributed by atoms with van der Waals surface area (Å²) in [5, 5.41) is 1.85. The van der Waals surface area contributed by atoms with Gasteiger partial charge in [-0.3, -0.25) is 5.43 Å². The van der Waals surface area contributed by atoms with E-state index in [0.29, 0.717) is 12.1 Å². The molecule has 0 radical (unpaired) electrons. The Morgan fingerprint density at radius 2 is 1.50 bits per heavy atom. The topological polar surface area (TPSA) is 24.4 Å². The lowest BCUT2D eigenvalue weighted by atomic mass is 10.2. The molecule has 0 fully saturated rings. The molecule has 0 saturated carbocycles. The third-order valence-electron chi connectivity index (χ3n) is 1.87. The Morgan fingerprint density at radius 3 is 1.85 bits per heavy atom. The zero-order valence-electron chi connectivity index (χ0n) is 9.00. The lowest BCUT2D eigenvalue weighted by Crippen LogP contribution is -2.18. The highest BCUT2D eigenvalue weighted by molar-refractivity contribution is 9.18. The van der Waals surface area contributed by atoms with E-state index in [4.69, 9.17) is 23.2 Å². The van der Waals surface area contributed by atoms with Crippen LogP contribution < -0.4 is 5.43 Å². The molecule has 11 heteroatoms. The summed E-state index contributed by atoms with van der Waals surface area (Å²) < 4.78 is 72.3. The Bertz CT molecular complexity index is 517. The standard InChI is InChI=1S/C9H3BrCl2F6N2/c10-7(9(16,17)18)20-19-6-4(11)1-3(2-5(6)12)8(13,14)15/h1-2,19H/b20-7-. The van der Waals surface area contributed by atoms with Crippen molar-refractivity contribution in [2.24, 2.45) is 5.10 Å². The number of anilines is 1. The number of hydrazone groups is 1. The van der Waals surface area contributed by atoms with Gasteiger partial charge in [0.2, 0.25) is 4.62 Å². The fraction of sp³-hybridized carbons (Fsp3) is 0.222. The maximum Gasteiger partial charge on any atom is 0.441 e. The highest BCUT2D eigenvalue weighted by Gasteiger charge is 2.35. The molecule has 20 heavy (non-hydrogen) atoms. The molecule has 0 aliphatic rings. The Labute approximate surface area is 126 Å². The molecule has 0 heterocycles. The number of hydrogen-bond donors (Lipinski definition) is 1. The average molecular weight is 404 g/mol. The maximum atomic E-state index is 12.4. The molecule has 0 saturated heterocycles. The van der Waals surface area contributed by atoms with Crippen molar-refractivity contribution >= 4 is 49.4 Å². The Kier molecular flexibility index (Phi) is 5.20. The molecule has 0 bridgehead atoms.